The van der Waals surface area contributed by atoms with E-state index in [0.717, 1.165) is 51.4 Å². The van der Waals surface area contributed by atoms with Crippen LogP contribution in [0.15, 0.2) is 60.8 Å². The average molecular weight is 850 g/mol. The zero-order valence-corrected chi connectivity index (χ0v) is 39.9. The van der Waals surface area contributed by atoms with Gasteiger partial charge in [-0.15, -0.1) is 0 Å². The second kappa shape index (κ2) is 41.5. The summed E-state index contributed by atoms with van der Waals surface area (Å²) in [5, 5.41) is 13.9. The third-order valence-corrected chi connectivity index (χ3v) is 11.5. The number of phosphoric acid groups is 1. The number of carbonyl (C=O) groups is 1. The van der Waals surface area contributed by atoms with E-state index in [2.05, 4.69) is 67.8 Å². The summed E-state index contributed by atoms with van der Waals surface area (Å²) in [6.07, 6.45) is 54.4. The Morgan fingerprint density at radius 3 is 1.34 bits per heavy atom. The van der Waals surface area contributed by atoms with E-state index in [4.69, 9.17) is 9.05 Å². The van der Waals surface area contributed by atoms with Crippen LogP contribution in [-0.2, 0) is 18.4 Å². The standard InChI is InChI=1S/C50H93N2O6P/c1-6-8-10-12-14-16-18-20-22-23-24-25-26-27-28-30-31-33-35-37-39-41-43-49(53)48(47-58-59(55,56)57-46-45-52(3,4)5)51-50(54)44-42-40-38-36-34-32-29-21-19-17-15-13-11-9-7-2/h9,11,15,17,21,29,34,36,40,42,48-49,53H,6-8,10,12-14,16,18-20,22-28,30-33,35,37-39,41,43-47H2,1-5H3,(H-,51,54,55,56)/p+1/b11-9-,17-15-,29-21-,36-34-,42-40-. The normalized spacial score (nSPS) is 14.8. The molecule has 0 aliphatic heterocycles. The number of aliphatic hydroxyl groups is 1. The molecule has 0 bridgehead atoms. The van der Waals surface area contributed by atoms with Crippen molar-refractivity contribution in [3.8, 4) is 0 Å². The maximum atomic E-state index is 12.8. The molecule has 0 aromatic carbocycles. The van der Waals surface area contributed by atoms with E-state index in [0.29, 0.717) is 17.4 Å². The number of nitrogens with one attached hydrogen (secondary N) is 1. The number of hydrogen-bond acceptors (Lipinski definition) is 5. The minimum absolute atomic E-state index is 0.0560. The Morgan fingerprint density at radius 1 is 0.576 bits per heavy atom. The summed E-state index contributed by atoms with van der Waals surface area (Å²) >= 11 is 0. The smallest absolute Gasteiger partial charge is 0.391 e. The molecule has 0 heterocycles. The van der Waals surface area contributed by atoms with Crippen molar-refractivity contribution in [3.63, 3.8) is 0 Å². The average Bonchev–Trinajstić information content (AvgIpc) is 3.19. The number of amides is 1. The van der Waals surface area contributed by atoms with Crippen molar-refractivity contribution >= 4 is 13.7 Å². The van der Waals surface area contributed by atoms with Gasteiger partial charge in [0.2, 0.25) is 5.91 Å². The fourth-order valence-electron chi connectivity index (χ4n) is 6.76. The Kier molecular flexibility index (Phi) is 40.3. The van der Waals surface area contributed by atoms with E-state index >= 15 is 0 Å². The van der Waals surface area contributed by atoms with Crippen molar-refractivity contribution in [2.24, 2.45) is 0 Å². The molecule has 344 valence electrons. The Balaban J connectivity index is 4.37. The maximum absolute atomic E-state index is 12.8. The van der Waals surface area contributed by atoms with Crippen LogP contribution in [0.25, 0.3) is 0 Å². The van der Waals surface area contributed by atoms with Gasteiger partial charge >= 0.3 is 7.82 Å². The van der Waals surface area contributed by atoms with Gasteiger partial charge in [-0.2, -0.15) is 0 Å². The van der Waals surface area contributed by atoms with Crippen LogP contribution >= 0.6 is 7.82 Å². The summed E-state index contributed by atoms with van der Waals surface area (Å²) in [6, 6.07) is -0.817. The van der Waals surface area contributed by atoms with E-state index in [1.165, 1.54) is 122 Å². The van der Waals surface area contributed by atoms with Gasteiger partial charge in [-0.3, -0.25) is 13.8 Å². The molecule has 59 heavy (non-hydrogen) atoms. The van der Waals surface area contributed by atoms with Crippen molar-refractivity contribution in [2.45, 2.75) is 212 Å². The second-order valence-electron chi connectivity index (χ2n) is 17.5. The monoisotopic (exact) mass is 850 g/mol. The molecule has 0 aliphatic carbocycles. The van der Waals surface area contributed by atoms with Gasteiger partial charge in [0.1, 0.15) is 13.2 Å². The molecule has 1 amide bonds. The third kappa shape index (κ3) is 44.1. The van der Waals surface area contributed by atoms with Crippen LogP contribution < -0.4 is 5.32 Å². The number of likely N-dealkylation sites (N-methyl/N-ethyl adjacent to an activating group) is 1. The second-order valence-corrected chi connectivity index (χ2v) is 18.9. The molecule has 0 rings (SSSR count). The molecule has 8 nitrogen and oxygen atoms in total. The first-order chi connectivity index (χ1) is 28.5. The Labute approximate surface area is 364 Å². The number of hydrogen-bond donors (Lipinski definition) is 3. The predicted molar refractivity (Wildman–Crippen MR) is 254 cm³/mol. The Hall–Kier alpha value is -1.80. The van der Waals surface area contributed by atoms with Crippen LogP contribution in [0.3, 0.4) is 0 Å². The zero-order chi connectivity index (χ0) is 43.6. The van der Waals surface area contributed by atoms with Crippen LogP contribution in [0.1, 0.15) is 200 Å². The number of allylic oxidation sites excluding steroid dienone is 9. The highest BCUT2D eigenvalue weighted by atomic mass is 31.2. The molecule has 3 atom stereocenters. The van der Waals surface area contributed by atoms with Gasteiger partial charge in [0, 0.05) is 6.42 Å². The lowest BCUT2D eigenvalue weighted by Crippen LogP contribution is -2.46. The molecule has 0 aromatic heterocycles. The van der Waals surface area contributed by atoms with E-state index < -0.39 is 20.0 Å². The summed E-state index contributed by atoms with van der Waals surface area (Å²) < 4.78 is 23.6. The molecular weight excluding hydrogens is 756 g/mol. The first kappa shape index (κ1) is 57.2. The number of aliphatic hydroxyl groups excluding tert-OH is 1. The van der Waals surface area contributed by atoms with Gasteiger partial charge in [-0.25, -0.2) is 4.57 Å². The van der Waals surface area contributed by atoms with Crippen LogP contribution in [-0.4, -0.2) is 73.4 Å². The fraction of sp³-hybridized carbons (Fsp3) is 0.780. The van der Waals surface area contributed by atoms with E-state index in [1.807, 2.05) is 33.3 Å². The molecule has 0 fully saturated rings. The summed E-state index contributed by atoms with van der Waals surface area (Å²) in [7, 11) is 1.55. The lowest BCUT2D eigenvalue weighted by atomic mass is 10.0. The lowest BCUT2D eigenvalue weighted by Gasteiger charge is -2.26. The van der Waals surface area contributed by atoms with Crippen molar-refractivity contribution in [1.82, 2.24) is 5.32 Å². The molecule has 0 aliphatic rings. The molecule has 3 unspecified atom stereocenters. The molecule has 3 N–H and O–H groups in total. The van der Waals surface area contributed by atoms with Gasteiger partial charge in [0.25, 0.3) is 0 Å². The highest BCUT2D eigenvalue weighted by Crippen LogP contribution is 2.43. The minimum Gasteiger partial charge on any atom is -0.391 e. The fourth-order valence-corrected chi connectivity index (χ4v) is 7.50. The summed E-state index contributed by atoms with van der Waals surface area (Å²) in [5.74, 6) is -0.271. The molecule has 9 heteroatoms. The summed E-state index contributed by atoms with van der Waals surface area (Å²) in [4.78, 5) is 23.1. The molecule has 0 saturated carbocycles. The highest BCUT2D eigenvalue weighted by Gasteiger charge is 2.28. The van der Waals surface area contributed by atoms with Crippen LogP contribution in [0.2, 0.25) is 0 Å². The number of quaternary nitrogens is 1. The van der Waals surface area contributed by atoms with Crippen molar-refractivity contribution < 1.29 is 32.9 Å². The first-order valence-electron chi connectivity index (χ1n) is 24.2. The third-order valence-electron chi connectivity index (χ3n) is 10.6. The molecule has 0 aromatic rings. The van der Waals surface area contributed by atoms with Crippen LogP contribution in [0.4, 0.5) is 0 Å². The van der Waals surface area contributed by atoms with Gasteiger partial charge in [0.15, 0.2) is 0 Å². The first-order valence-corrected chi connectivity index (χ1v) is 25.6. The van der Waals surface area contributed by atoms with E-state index in [-0.39, 0.29) is 25.5 Å². The number of carbonyl (C=O) groups excluding carboxylic acids is 1. The number of rotatable bonds is 43. The number of nitrogens with zero attached hydrogens (tertiary/aromatic N) is 1. The highest BCUT2D eigenvalue weighted by molar-refractivity contribution is 7.47. The minimum atomic E-state index is -4.34. The quantitative estimate of drug-likeness (QED) is 0.0244. The van der Waals surface area contributed by atoms with E-state index in [1.54, 1.807) is 0 Å². The van der Waals surface area contributed by atoms with Crippen LogP contribution in [0, 0.1) is 0 Å². The van der Waals surface area contributed by atoms with E-state index in [9.17, 15) is 19.4 Å². The SMILES string of the molecule is CC/C=C\C/C=C\C/C=C\C/C=C\C/C=C\CC(=O)NC(COP(=O)(O)OCC[N+](C)(C)C)C(O)CCCCCCCCCCCCCCCCCCCCCCCC. The van der Waals surface area contributed by atoms with Crippen molar-refractivity contribution in [1.29, 1.82) is 0 Å². The van der Waals surface area contributed by atoms with Gasteiger partial charge in [0.05, 0.1) is 39.9 Å². The van der Waals surface area contributed by atoms with Gasteiger partial charge in [-0.05, 0) is 38.5 Å². The van der Waals surface area contributed by atoms with Gasteiger partial charge < -0.3 is 19.8 Å². The molecule has 0 spiro atoms. The van der Waals surface area contributed by atoms with Crippen molar-refractivity contribution in [2.75, 3.05) is 40.9 Å². The molecule has 0 radical (unpaired) electrons. The zero-order valence-electron chi connectivity index (χ0n) is 39.0. The topological polar surface area (TPSA) is 105 Å². The summed E-state index contributed by atoms with van der Waals surface area (Å²) in [5.41, 5.74) is 0. The molecular formula is C50H94N2O6P+. The van der Waals surface area contributed by atoms with Crippen molar-refractivity contribution in [3.05, 3.63) is 60.8 Å². The predicted octanol–water partition coefficient (Wildman–Crippen LogP) is 13.8. The van der Waals surface area contributed by atoms with Crippen LogP contribution in [0.5, 0.6) is 0 Å². The van der Waals surface area contributed by atoms with Gasteiger partial charge in [-0.1, -0.05) is 216 Å². The number of unbranched alkanes of at least 4 members (excludes halogenated alkanes) is 21. The molecule has 0 saturated heterocycles. The summed E-state index contributed by atoms with van der Waals surface area (Å²) in [6.45, 7) is 4.70. The lowest BCUT2D eigenvalue weighted by molar-refractivity contribution is -0.870. The maximum Gasteiger partial charge on any atom is 0.472 e. The Bertz CT molecular complexity index is 1140. The number of phosphoric ester groups is 1. The Morgan fingerprint density at radius 2 is 0.949 bits per heavy atom. The largest absolute Gasteiger partial charge is 0.472 e.